The molecule has 0 spiro atoms. The fourth-order valence-electron chi connectivity index (χ4n) is 0.682. The largest absolute Gasteiger partial charge is 0.303 e. The summed E-state index contributed by atoms with van der Waals surface area (Å²) in [5.74, 6) is 0. The zero-order valence-corrected chi connectivity index (χ0v) is 7.93. The van der Waals surface area contributed by atoms with Crippen LogP contribution in [0.2, 0.25) is 0 Å². The Kier molecular flexibility index (Phi) is 6.62. The molecule has 0 bridgehead atoms. The number of nitriles is 1. The van der Waals surface area contributed by atoms with Crippen molar-refractivity contribution in [1.29, 1.82) is 5.26 Å². The van der Waals surface area contributed by atoms with Crippen LogP contribution < -0.4 is 0 Å². The molecule has 0 fully saturated rings. The van der Waals surface area contributed by atoms with Gasteiger partial charge in [-0.05, 0) is 12.1 Å². The molecule has 1 aromatic rings. The predicted octanol–water partition coefficient (Wildman–Crippen LogP) is 1.97. The number of hydrogen-bond donors (Lipinski definition) is 0. The predicted molar refractivity (Wildman–Crippen MR) is 52.9 cm³/mol. The monoisotopic (exact) mass is 189 g/mol. The molecule has 0 unspecified atom stereocenters. The summed E-state index contributed by atoms with van der Waals surface area (Å²) in [5.41, 5.74) is 1.06. The van der Waals surface area contributed by atoms with E-state index in [4.69, 9.17) is 5.26 Å². The lowest BCUT2D eigenvalue weighted by Crippen LogP contribution is -1.79. The van der Waals surface area contributed by atoms with E-state index in [1.54, 1.807) is 24.3 Å². The van der Waals surface area contributed by atoms with Crippen molar-refractivity contribution in [2.24, 2.45) is 0 Å². The van der Waals surface area contributed by atoms with Crippen LogP contribution in [0.5, 0.6) is 0 Å². The van der Waals surface area contributed by atoms with E-state index in [1.165, 1.54) is 0 Å². The molecule has 1 aromatic carbocycles. The van der Waals surface area contributed by atoms with Gasteiger partial charge >= 0.3 is 0 Å². The van der Waals surface area contributed by atoms with E-state index in [2.05, 4.69) is 0 Å². The number of benzene rings is 1. The molecule has 1 rings (SSSR count). The van der Waals surface area contributed by atoms with E-state index in [0.717, 1.165) is 12.6 Å². The SMILES string of the molecule is CCC=O.N#Cc1cccc(C=O)c1. The first-order valence-corrected chi connectivity index (χ1v) is 4.17. The molecule has 0 radical (unpaired) electrons. The highest BCUT2D eigenvalue weighted by molar-refractivity contribution is 5.75. The smallest absolute Gasteiger partial charge is 0.150 e. The first-order valence-electron chi connectivity index (χ1n) is 4.17. The summed E-state index contributed by atoms with van der Waals surface area (Å²) in [7, 11) is 0. The van der Waals surface area contributed by atoms with Gasteiger partial charge in [0, 0.05) is 12.0 Å². The lowest BCUT2D eigenvalue weighted by molar-refractivity contribution is -0.107. The summed E-state index contributed by atoms with van der Waals surface area (Å²) in [4.78, 5) is 19.3. The minimum atomic E-state index is 0.518. The Hall–Kier alpha value is -1.95. The van der Waals surface area contributed by atoms with Crippen LogP contribution in [0, 0.1) is 11.3 Å². The lowest BCUT2D eigenvalue weighted by Gasteiger charge is -1.87. The third-order valence-electron chi connectivity index (χ3n) is 1.32. The summed E-state index contributed by atoms with van der Waals surface area (Å²) in [6, 6.07) is 8.49. The van der Waals surface area contributed by atoms with Gasteiger partial charge in [-0.1, -0.05) is 19.1 Å². The van der Waals surface area contributed by atoms with E-state index in [-0.39, 0.29) is 0 Å². The Morgan fingerprint density at radius 2 is 2.07 bits per heavy atom. The van der Waals surface area contributed by atoms with Gasteiger partial charge in [-0.25, -0.2) is 0 Å². The zero-order valence-electron chi connectivity index (χ0n) is 7.93. The number of aldehydes is 2. The Labute approximate surface area is 83.0 Å². The molecular formula is C11H11NO2. The van der Waals surface area contributed by atoms with Gasteiger partial charge < -0.3 is 4.79 Å². The summed E-state index contributed by atoms with van der Waals surface area (Å²) in [6.45, 7) is 1.81. The van der Waals surface area contributed by atoms with Crippen LogP contribution in [-0.4, -0.2) is 12.6 Å². The van der Waals surface area contributed by atoms with Crippen LogP contribution in [0.25, 0.3) is 0 Å². The van der Waals surface area contributed by atoms with Crippen LogP contribution in [-0.2, 0) is 4.79 Å². The van der Waals surface area contributed by atoms with E-state index >= 15 is 0 Å². The van der Waals surface area contributed by atoms with Gasteiger partial charge in [0.1, 0.15) is 12.6 Å². The van der Waals surface area contributed by atoms with Gasteiger partial charge in [-0.15, -0.1) is 0 Å². The molecule has 0 saturated heterocycles. The molecule has 0 aliphatic rings. The van der Waals surface area contributed by atoms with E-state index in [0.29, 0.717) is 17.5 Å². The molecule has 0 atom stereocenters. The van der Waals surface area contributed by atoms with Gasteiger partial charge in [0.15, 0.2) is 0 Å². The lowest BCUT2D eigenvalue weighted by atomic mass is 10.2. The van der Waals surface area contributed by atoms with Crippen molar-refractivity contribution in [3.63, 3.8) is 0 Å². The second-order valence-corrected chi connectivity index (χ2v) is 2.43. The Morgan fingerprint density at radius 3 is 2.50 bits per heavy atom. The highest BCUT2D eigenvalue weighted by Gasteiger charge is 1.90. The fourth-order valence-corrected chi connectivity index (χ4v) is 0.682. The summed E-state index contributed by atoms with van der Waals surface area (Å²) < 4.78 is 0. The van der Waals surface area contributed by atoms with Gasteiger partial charge in [0.2, 0.25) is 0 Å². The topological polar surface area (TPSA) is 57.9 Å². The molecule has 3 heteroatoms. The maximum absolute atomic E-state index is 10.2. The first kappa shape index (κ1) is 12.0. The highest BCUT2D eigenvalue weighted by atomic mass is 16.1. The van der Waals surface area contributed by atoms with Gasteiger partial charge in [-0.2, -0.15) is 5.26 Å². The van der Waals surface area contributed by atoms with Crippen molar-refractivity contribution in [2.75, 3.05) is 0 Å². The fraction of sp³-hybridized carbons (Fsp3) is 0.182. The Bertz CT molecular complexity index is 339. The van der Waals surface area contributed by atoms with E-state index < -0.39 is 0 Å². The molecule has 72 valence electrons. The molecule has 0 amide bonds. The van der Waals surface area contributed by atoms with Crippen LogP contribution in [0.3, 0.4) is 0 Å². The molecular weight excluding hydrogens is 178 g/mol. The van der Waals surface area contributed by atoms with Gasteiger partial charge in [0.05, 0.1) is 11.6 Å². The van der Waals surface area contributed by atoms with Crippen LogP contribution >= 0.6 is 0 Å². The standard InChI is InChI=1S/C8H5NO.C3H6O/c9-5-7-2-1-3-8(4-7)6-10;1-2-3-4/h1-4,6H;3H,2H2,1H3. The van der Waals surface area contributed by atoms with Gasteiger partial charge in [0.25, 0.3) is 0 Å². The zero-order chi connectivity index (χ0) is 10.8. The minimum absolute atomic E-state index is 0.518. The number of carbonyl (C=O) groups is 2. The second kappa shape index (κ2) is 7.69. The average Bonchev–Trinajstić information content (AvgIpc) is 2.29. The van der Waals surface area contributed by atoms with Crippen molar-refractivity contribution in [3.8, 4) is 6.07 Å². The number of carbonyl (C=O) groups excluding carboxylic acids is 2. The van der Waals surface area contributed by atoms with E-state index in [9.17, 15) is 9.59 Å². The molecule has 14 heavy (non-hydrogen) atoms. The normalized spacial score (nSPS) is 7.71. The number of nitrogens with zero attached hydrogens (tertiary/aromatic N) is 1. The molecule has 0 heterocycles. The van der Waals surface area contributed by atoms with Crippen LogP contribution in [0.15, 0.2) is 24.3 Å². The van der Waals surface area contributed by atoms with Crippen molar-refractivity contribution >= 4 is 12.6 Å². The quantitative estimate of drug-likeness (QED) is 0.668. The summed E-state index contributed by atoms with van der Waals surface area (Å²) >= 11 is 0. The molecule has 0 N–H and O–H groups in total. The van der Waals surface area contributed by atoms with Crippen LogP contribution in [0.1, 0.15) is 29.3 Å². The Morgan fingerprint density at radius 1 is 1.43 bits per heavy atom. The second-order valence-electron chi connectivity index (χ2n) is 2.43. The summed E-state index contributed by atoms with van der Waals surface area (Å²) in [6.07, 6.45) is 2.24. The highest BCUT2D eigenvalue weighted by Crippen LogP contribution is 2.00. The van der Waals surface area contributed by atoms with Crippen molar-refractivity contribution in [3.05, 3.63) is 35.4 Å². The first-order chi connectivity index (χ1) is 6.78. The number of rotatable bonds is 2. The maximum Gasteiger partial charge on any atom is 0.150 e. The molecule has 3 nitrogen and oxygen atoms in total. The molecule has 0 aliphatic carbocycles. The van der Waals surface area contributed by atoms with Gasteiger partial charge in [-0.3, -0.25) is 4.79 Å². The van der Waals surface area contributed by atoms with Crippen molar-refractivity contribution in [1.82, 2.24) is 0 Å². The summed E-state index contributed by atoms with van der Waals surface area (Å²) in [5, 5.41) is 8.39. The third-order valence-corrected chi connectivity index (χ3v) is 1.32. The van der Waals surface area contributed by atoms with Crippen molar-refractivity contribution < 1.29 is 9.59 Å². The molecule has 0 saturated carbocycles. The van der Waals surface area contributed by atoms with Crippen molar-refractivity contribution in [2.45, 2.75) is 13.3 Å². The third kappa shape index (κ3) is 4.83. The molecule has 0 aliphatic heterocycles. The minimum Gasteiger partial charge on any atom is -0.303 e. The average molecular weight is 189 g/mol. The van der Waals surface area contributed by atoms with E-state index in [1.807, 2.05) is 13.0 Å². The number of hydrogen-bond acceptors (Lipinski definition) is 3. The Balaban J connectivity index is 0.000000364. The maximum atomic E-state index is 10.2. The van der Waals surface area contributed by atoms with Crippen LogP contribution in [0.4, 0.5) is 0 Å². The molecule has 0 aromatic heterocycles.